The van der Waals surface area contributed by atoms with Gasteiger partial charge in [-0.2, -0.15) is 0 Å². The largest absolute Gasteiger partial charge is 0.497 e. The molecule has 0 bridgehead atoms. The average molecular weight is 479 g/mol. The number of methoxy groups -OCH3 is 1. The molecule has 3 heterocycles. The third kappa shape index (κ3) is 5.20. The van der Waals surface area contributed by atoms with Gasteiger partial charge in [-0.1, -0.05) is 0 Å². The van der Waals surface area contributed by atoms with Crippen LogP contribution in [0.3, 0.4) is 0 Å². The van der Waals surface area contributed by atoms with Crippen LogP contribution in [0.5, 0.6) is 5.75 Å². The van der Waals surface area contributed by atoms with Crippen molar-refractivity contribution in [3.8, 4) is 22.7 Å². The number of carbonyl (C=O) groups excluding carboxylic acids is 2. The summed E-state index contributed by atoms with van der Waals surface area (Å²) in [5, 5.41) is 8.07. The third-order valence-corrected chi connectivity index (χ3v) is 6.16. The molecule has 0 aliphatic carbocycles. The van der Waals surface area contributed by atoms with E-state index in [1.807, 2.05) is 29.6 Å². The van der Waals surface area contributed by atoms with E-state index in [2.05, 4.69) is 40.1 Å². The topological polar surface area (TPSA) is 98.4 Å². The maximum Gasteiger partial charge on any atom is 0.286 e. The van der Waals surface area contributed by atoms with Crippen molar-refractivity contribution in [1.29, 1.82) is 0 Å². The molecule has 3 aromatic heterocycles. The van der Waals surface area contributed by atoms with E-state index in [0.29, 0.717) is 18.1 Å². The summed E-state index contributed by atoms with van der Waals surface area (Å²) < 4.78 is 12.5. The first-order chi connectivity index (χ1) is 16.5. The highest BCUT2D eigenvalue weighted by atomic mass is 32.1. The SMILES string of the molecule is COc1ccc(-n2c(C)cc(-c3csc(NC(=O)CCCNC(=O)c4ccco4)n3)c2C)cc1. The Morgan fingerprint density at radius 2 is 1.97 bits per heavy atom. The molecular weight excluding hydrogens is 452 g/mol. The van der Waals surface area contributed by atoms with E-state index in [9.17, 15) is 9.59 Å². The fourth-order valence-electron chi connectivity index (χ4n) is 3.73. The lowest BCUT2D eigenvalue weighted by Gasteiger charge is -2.10. The summed E-state index contributed by atoms with van der Waals surface area (Å²) in [6.45, 7) is 4.50. The standard InChI is InChI=1S/C25H26N4O4S/c1-16-14-20(17(2)29(16)18-8-10-19(32-3)11-9-18)21-15-34-25(27-21)28-23(30)7-4-12-26-24(31)22-6-5-13-33-22/h5-6,8-11,13-15H,4,7,12H2,1-3H3,(H,26,31)(H,27,28,30). The Kier molecular flexibility index (Phi) is 7.12. The Bertz CT molecular complexity index is 1270. The number of benzene rings is 1. The molecule has 0 unspecified atom stereocenters. The summed E-state index contributed by atoms with van der Waals surface area (Å²) in [5.41, 5.74) is 5.04. The van der Waals surface area contributed by atoms with Gasteiger partial charge in [0.2, 0.25) is 5.91 Å². The molecule has 0 radical (unpaired) electrons. The fourth-order valence-corrected chi connectivity index (χ4v) is 4.46. The molecule has 4 aromatic rings. The molecule has 0 aliphatic heterocycles. The van der Waals surface area contributed by atoms with Gasteiger partial charge in [0.15, 0.2) is 10.9 Å². The smallest absolute Gasteiger partial charge is 0.286 e. The van der Waals surface area contributed by atoms with Crippen molar-refractivity contribution in [3.63, 3.8) is 0 Å². The van der Waals surface area contributed by atoms with Crippen LogP contribution >= 0.6 is 11.3 Å². The molecule has 0 saturated carbocycles. The molecule has 34 heavy (non-hydrogen) atoms. The highest BCUT2D eigenvalue weighted by molar-refractivity contribution is 7.14. The Balaban J connectivity index is 1.35. The summed E-state index contributed by atoms with van der Waals surface area (Å²) in [7, 11) is 1.65. The zero-order valence-corrected chi connectivity index (χ0v) is 20.1. The summed E-state index contributed by atoms with van der Waals surface area (Å²) in [6.07, 6.45) is 2.24. The van der Waals surface area contributed by atoms with Gasteiger partial charge in [-0.3, -0.25) is 9.59 Å². The first-order valence-electron chi connectivity index (χ1n) is 10.9. The van der Waals surface area contributed by atoms with Gasteiger partial charge in [0.1, 0.15) is 5.75 Å². The molecule has 0 fully saturated rings. The van der Waals surface area contributed by atoms with E-state index in [4.69, 9.17) is 9.15 Å². The molecular formula is C25H26N4O4S. The second-order valence-electron chi connectivity index (χ2n) is 7.74. The predicted octanol–water partition coefficient (Wildman–Crippen LogP) is 4.97. The second kappa shape index (κ2) is 10.4. The van der Waals surface area contributed by atoms with Gasteiger partial charge in [-0.25, -0.2) is 4.98 Å². The van der Waals surface area contributed by atoms with Gasteiger partial charge < -0.3 is 24.4 Å². The van der Waals surface area contributed by atoms with Gasteiger partial charge in [-0.05, 0) is 62.7 Å². The monoisotopic (exact) mass is 478 g/mol. The fraction of sp³-hybridized carbons (Fsp3) is 0.240. The maximum atomic E-state index is 12.3. The van der Waals surface area contributed by atoms with Crippen molar-refractivity contribution in [1.82, 2.24) is 14.9 Å². The predicted molar refractivity (Wildman–Crippen MR) is 132 cm³/mol. The molecule has 0 saturated heterocycles. The second-order valence-corrected chi connectivity index (χ2v) is 8.60. The molecule has 2 N–H and O–H groups in total. The Hall–Kier alpha value is -3.85. The van der Waals surface area contributed by atoms with E-state index in [1.165, 1.54) is 17.6 Å². The number of nitrogens with one attached hydrogen (secondary N) is 2. The number of thiazole rings is 1. The molecule has 9 heteroatoms. The number of aryl methyl sites for hydroxylation is 1. The van der Waals surface area contributed by atoms with Crippen LogP contribution in [-0.2, 0) is 4.79 Å². The molecule has 0 spiro atoms. The Morgan fingerprint density at radius 3 is 2.68 bits per heavy atom. The van der Waals surface area contributed by atoms with Crippen molar-refractivity contribution in [2.45, 2.75) is 26.7 Å². The average Bonchev–Trinajstić information content (AvgIpc) is 3.58. The summed E-state index contributed by atoms with van der Waals surface area (Å²) in [4.78, 5) is 28.8. The third-order valence-electron chi connectivity index (χ3n) is 5.40. The number of carbonyl (C=O) groups is 2. The van der Waals surface area contributed by atoms with Crippen LogP contribution in [0.2, 0.25) is 0 Å². The van der Waals surface area contributed by atoms with Crippen LogP contribution in [0, 0.1) is 13.8 Å². The number of hydrogen-bond donors (Lipinski definition) is 2. The Morgan fingerprint density at radius 1 is 1.18 bits per heavy atom. The minimum Gasteiger partial charge on any atom is -0.497 e. The summed E-state index contributed by atoms with van der Waals surface area (Å²) >= 11 is 1.39. The van der Waals surface area contributed by atoms with Gasteiger partial charge >= 0.3 is 0 Å². The van der Waals surface area contributed by atoms with Crippen LogP contribution in [0.25, 0.3) is 16.9 Å². The normalized spacial score (nSPS) is 10.8. The molecule has 4 rings (SSSR count). The van der Waals surface area contributed by atoms with Crippen molar-refractivity contribution in [2.24, 2.45) is 0 Å². The molecule has 176 valence electrons. The van der Waals surface area contributed by atoms with Gasteiger partial charge in [-0.15, -0.1) is 11.3 Å². The van der Waals surface area contributed by atoms with Crippen molar-refractivity contribution in [2.75, 3.05) is 19.0 Å². The van der Waals surface area contributed by atoms with Crippen LogP contribution < -0.4 is 15.4 Å². The van der Waals surface area contributed by atoms with E-state index < -0.39 is 0 Å². The maximum absolute atomic E-state index is 12.3. The molecule has 0 aliphatic rings. The van der Waals surface area contributed by atoms with E-state index in [1.54, 1.807) is 19.2 Å². The highest BCUT2D eigenvalue weighted by Gasteiger charge is 2.16. The van der Waals surface area contributed by atoms with Crippen molar-refractivity contribution < 1.29 is 18.7 Å². The molecule has 1 aromatic carbocycles. The lowest BCUT2D eigenvalue weighted by molar-refractivity contribution is -0.116. The minimum absolute atomic E-state index is 0.142. The van der Waals surface area contributed by atoms with E-state index >= 15 is 0 Å². The number of amides is 2. The van der Waals surface area contributed by atoms with E-state index in [0.717, 1.165) is 34.1 Å². The van der Waals surface area contributed by atoms with Crippen molar-refractivity contribution in [3.05, 3.63) is 71.3 Å². The first-order valence-corrected chi connectivity index (χ1v) is 11.7. The van der Waals surface area contributed by atoms with Crippen LogP contribution in [0.15, 0.2) is 58.5 Å². The zero-order chi connectivity index (χ0) is 24.1. The molecule has 0 atom stereocenters. The molecule has 8 nitrogen and oxygen atoms in total. The zero-order valence-electron chi connectivity index (χ0n) is 19.3. The minimum atomic E-state index is -0.290. The van der Waals surface area contributed by atoms with Gasteiger partial charge in [0.25, 0.3) is 5.91 Å². The first kappa shape index (κ1) is 23.3. The highest BCUT2D eigenvalue weighted by Crippen LogP contribution is 2.32. The summed E-state index contributed by atoms with van der Waals surface area (Å²) in [5.74, 6) is 0.636. The quantitative estimate of drug-likeness (QED) is 0.331. The van der Waals surface area contributed by atoms with Crippen molar-refractivity contribution >= 4 is 28.3 Å². The lowest BCUT2D eigenvalue weighted by Crippen LogP contribution is -2.25. The van der Waals surface area contributed by atoms with Gasteiger partial charge in [0.05, 0.1) is 19.1 Å². The van der Waals surface area contributed by atoms with Crippen LogP contribution in [0.1, 0.15) is 34.8 Å². The number of nitrogens with zero attached hydrogens (tertiary/aromatic N) is 2. The number of anilines is 1. The number of rotatable bonds is 9. The van der Waals surface area contributed by atoms with Crippen LogP contribution in [-0.4, -0.2) is 35.0 Å². The Labute approximate surface area is 201 Å². The van der Waals surface area contributed by atoms with Crippen LogP contribution in [0.4, 0.5) is 5.13 Å². The number of furan rings is 1. The molecule has 2 amide bonds. The number of aromatic nitrogens is 2. The number of hydrogen-bond acceptors (Lipinski definition) is 6. The van der Waals surface area contributed by atoms with E-state index in [-0.39, 0.29) is 24.0 Å². The number of ether oxygens (including phenoxy) is 1. The summed E-state index contributed by atoms with van der Waals surface area (Å²) in [6, 6.07) is 13.3. The van der Waals surface area contributed by atoms with Gasteiger partial charge in [0, 0.05) is 41.0 Å². The lowest BCUT2D eigenvalue weighted by atomic mass is 10.2.